The molecule has 2 rings (SSSR count). The molecule has 2 N–H and O–H groups in total. The minimum absolute atomic E-state index is 0.0125. The topological polar surface area (TPSA) is 65.2 Å². The van der Waals surface area contributed by atoms with E-state index in [1.54, 1.807) is 25.4 Å². The molecule has 0 spiro atoms. The number of pyridine rings is 1. The summed E-state index contributed by atoms with van der Waals surface area (Å²) in [5.74, 6) is -1.37. The summed E-state index contributed by atoms with van der Waals surface area (Å²) in [4.78, 5) is 15.8. The largest absolute Gasteiger partial charge is 0.457 e. The molecule has 0 aliphatic carbocycles. The fraction of sp³-hybridized carbons (Fsp3) is 0.143. The maximum absolute atomic E-state index is 13.8. The number of nitrogens with two attached hydrogens (primary N) is 1. The van der Waals surface area contributed by atoms with Crippen LogP contribution < -0.4 is 5.73 Å². The summed E-state index contributed by atoms with van der Waals surface area (Å²) >= 11 is 3.27. The van der Waals surface area contributed by atoms with E-state index in [0.717, 1.165) is 4.47 Å². The Hall–Kier alpha value is -1.95. The first-order valence-electron chi connectivity index (χ1n) is 5.79. The van der Waals surface area contributed by atoms with Crippen LogP contribution in [-0.4, -0.2) is 11.0 Å². The van der Waals surface area contributed by atoms with Gasteiger partial charge in [0.25, 0.3) is 0 Å². The lowest BCUT2D eigenvalue weighted by Gasteiger charge is -2.08. The molecule has 0 saturated carbocycles. The standard InChI is InChI=1S/C14H12BrFN2O2/c1-8-2-11(17)4-12(13(8)16)14(19)20-7-9-3-10(15)6-18-5-9/h2-6H,7,17H2,1H3. The van der Waals surface area contributed by atoms with Crippen LogP contribution in [0.2, 0.25) is 0 Å². The van der Waals surface area contributed by atoms with Crippen LogP contribution in [0, 0.1) is 12.7 Å². The van der Waals surface area contributed by atoms with Gasteiger partial charge in [-0.15, -0.1) is 0 Å². The van der Waals surface area contributed by atoms with E-state index in [1.807, 2.05) is 0 Å². The third-order valence-electron chi connectivity index (χ3n) is 2.63. The van der Waals surface area contributed by atoms with E-state index in [-0.39, 0.29) is 12.2 Å². The first-order chi connectivity index (χ1) is 9.47. The van der Waals surface area contributed by atoms with Crippen molar-refractivity contribution in [2.75, 3.05) is 5.73 Å². The molecule has 0 aliphatic rings. The molecule has 2 aromatic rings. The van der Waals surface area contributed by atoms with Gasteiger partial charge >= 0.3 is 5.97 Å². The van der Waals surface area contributed by atoms with Gasteiger partial charge in [-0.3, -0.25) is 4.98 Å². The van der Waals surface area contributed by atoms with Gasteiger partial charge in [0, 0.05) is 28.1 Å². The Bertz CT molecular complexity index is 662. The number of carbonyl (C=O) groups is 1. The van der Waals surface area contributed by atoms with Crippen molar-refractivity contribution in [1.82, 2.24) is 4.98 Å². The van der Waals surface area contributed by atoms with Gasteiger partial charge in [-0.1, -0.05) is 0 Å². The number of nitrogen functional groups attached to an aromatic ring is 1. The van der Waals surface area contributed by atoms with Gasteiger partial charge in [-0.25, -0.2) is 9.18 Å². The van der Waals surface area contributed by atoms with Crippen molar-refractivity contribution in [1.29, 1.82) is 0 Å². The van der Waals surface area contributed by atoms with Crippen molar-refractivity contribution >= 4 is 27.6 Å². The second kappa shape index (κ2) is 6.00. The number of aromatic nitrogens is 1. The van der Waals surface area contributed by atoms with Crippen LogP contribution >= 0.6 is 15.9 Å². The molecule has 104 valence electrons. The predicted molar refractivity (Wildman–Crippen MR) is 76.6 cm³/mol. The molecule has 0 amide bonds. The van der Waals surface area contributed by atoms with Crippen molar-refractivity contribution in [3.8, 4) is 0 Å². The molecular weight excluding hydrogens is 327 g/mol. The SMILES string of the molecule is Cc1cc(N)cc(C(=O)OCc2cncc(Br)c2)c1F. The average molecular weight is 339 g/mol. The van der Waals surface area contributed by atoms with Gasteiger partial charge < -0.3 is 10.5 Å². The van der Waals surface area contributed by atoms with Crippen LogP contribution in [0.4, 0.5) is 10.1 Å². The maximum atomic E-state index is 13.8. The quantitative estimate of drug-likeness (QED) is 0.689. The van der Waals surface area contributed by atoms with E-state index in [2.05, 4.69) is 20.9 Å². The van der Waals surface area contributed by atoms with Crippen LogP contribution in [0.25, 0.3) is 0 Å². The monoisotopic (exact) mass is 338 g/mol. The van der Waals surface area contributed by atoms with Crippen LogP contribution in [-0.2, 0) is 11.3 Å². The molecule has 0 radical (unpaired) electrons. The normalized spacial score (nSPS) is 10.3. The number of halogens is 2. The summed E-state index contributed by atoms with van der Waals surface area (Å²) in [7, 11) is 0. The number of hydrogen-bond donors (Lipinski definition) is 1. The van der Waals surface area contributed by atoms with Crippen molar-refractivity contribution in [3.63, 3.8) is 0 Å². The summed E-state index contributed by atoms with van der Waals surface area (Å²) in [6, 6.07) is 4.50. The Morgan fingerprint density at radius 3 is 2.85 bits per heavy atom. The van der Waals surface area contributed by atoms with E-state index in [9.17, 15) is 9.18 Å². The summed E-state index contributed by atoms with van der Waals surface area (Å²) in [6.45, 7) is 1.55. The molecule has 20 heavy (non-hydrogen) atoms. The number of carbonyl (C=O) groups excluding carboxylic acids is 1. The van der Waals surface area contributed by atoms with Gasteiger partial charge in [-0.05, 0) is 46.6 Å². The molecule has 6 heteroatoms. The molecule has 0 aliphatic heterocycles. The van der Waals surface area contributed by atoms with Gasteiger partial charge in [0.1, 0.15) is 12.4 Å². The van der Waals surface area contributed by atoms with Crippen molar-refractivity contribution in [2.24, 2.45) is 0 Å². The van der Waals surface area contributed by atoms with E-state index < -0.39 is 11.8 Å². The molecule has 0 atom stereocenters. The van der Waals surface area contributed by atoms with E-state index >= 15 is 0 Å². The van der Waals surface area contributed by atoms with Crippen LogP contribution in [0.3, 0.4) is 0 Å². The zero-order valence-corrected chi connectivity index (χ0v) is 12.3. The zero-order chi connectivity index (χ0) is 14.7. The number of nitrogens with zero attached hydrogens (tertiary/aromatic N) is 1. The lowest BCUT2D eigenvalue weighted by atomic mass is 10.1. The summed E-state index contributed by atoms with van der Waals surface area (Å²) in [5, 5.41) is 0. The van der Waals surface area contributed by atoms with Gasteiger partial charge in [0.15, 0.2) is 0 Å². The third-order valence-corrected chi connectivity index (χ3v) is 3.06. The first-order valence-corrected chi connectivity index (χ1v) is 6.59. The lowest BCUT2D eigenvalue weighted by Crippen LogP contribution is -2.09. The highest BCUT2D eigenvalue weighted by molar-refractivity contribution is 9.10. The summed E-state index contributed by atoms with van der Waals surface area (Å²) < 4.78 is 19.7. The Morgan fingerprint density at radius 1 is 1.40 bits per heavy atom. The van der Waals surface area contributed by atoms with Crippen LogP contribution in [0.15, 0.2) is 35.1 Å². The van der Waals surface area contributed by atoms with Crippen LogP contribution in [0.5, 0.6) is 0 Å². The lowest BCUT2D eigenvalue weighted by molar-refractivity contribution is 0.0467. The molecule has 0 unspecified atom stereocenters. The van der Waals surface area contributed by atoms with Gasteiger partial charge in [0.2, 0.25) is 0 Å². The second-order valence-electron chi connectivity index (χ2n) is 4.29. The number of rotatable bonds is 3. The Kier molecular flexibility index (Phi) is 4.34. The molecule has 0 bridgehead atoms. The molecule has 1 aromatic heterocycles. The number of hydrogen-bond acceptors (Lipinski definition) is 4. The molecule has 1 heterocycles. The van der Waals surface area contributed by atoms with Crippen molar-refractivity contribution in [3.05, 3.63) is 57.6 Å². The third kappa shape index (κ3) is 3.33. The number of benzene rings is 1. The molecule has 0 saturated heterocycles. The number of aryl methyl sites for hydroxylation is 1. The minimum Gasteiger partial charge on any atom is -0.457 e. The van der Waals surface area contributed by atoms with Crippen molar-refractivity contribution in [2.45, 2.75) is 13.5 Å². The Balaban J connectivity index is 2.13. The number of esters is 1. The predicted octanol–water partition coefficient (Wildman–Crippen LogP) is 3.23. The molecule has 1 aromatic carbocycles. The van der Waals surface area contributed by atoms with E-state index in [1.165, 1.54) is 12.1 Å². The van der Waals surface area contributed by atoms with Gasteiger partial charge in [0.05, 0.1) is 5.56 Å². The van der Waals surface area contributed by atoms with E-state index in [4.69, 9.17) is 10.5 Å². The summed E-state index contributed by atoms with van der Waals surface area (Å²) in [5.41, 5.74) is 6.77. The fourth-order valence-electron chi connectivity index (χ4n) is 1.71. The Morgan fingerprint density at radius 2 is 2.15 bits per heavy atom. The molecule has 4 nitrogen and oxygen atoms in total. The maximum Gasteiger partial charge on any atom is 0.341 e. The highest BCUT2D eigenvalue weighted by Crippen LogP contribution is 2.19. The summed E-state index contributed by atoms with van der Waals surface area (Å²) in [6.07, 6.45) is 3.19. The minimum atomic E-state index is -0.752. The highest BCUT2D eigenvalue weighted by atomic mass is 79.9. The average Bonchev–Trinajstić information content (AvgIpc) is 2.40. The van der Waals surface area contributed by atoms with Crippen LogP contribution in [0.1, 0.15) is 21.5 Å². The molecular formula is C14H12BrFN2O2. The number of ether oxygens (including phenoxy) is 1. The molecule has 0 fully saturated rings. The highest BCUT2D eigenvalue weighted by Gasteiger charge is 2.16. The fourth-order valence-corrected chi connectivity index (χ4v) is 2.12. The number of anilines is 1. The van der Waals surface area contributed by atoms with Gasteiger partial charge in [-0.2, -0.15) is 0 Å². The van der Waals surface area contributed by atoms with E-state index in [0.29, 0.717) is 16.8 Å². The van der Waals surface area contributed by atoms with Crippen molar-refractivity contribution < 1.29 is 13.9 Å². The Labute approximate surface area is 123 Å². The first kappa shape index (κ1) is 14.5. The zero-order valence-electron chi connectivity index (χ0n) is 10.7. The second-order valence-corrected chi connectivity index (χ2v) is 5.20. The smallest absolute Gasteiger partial charge is 0.341 e.